The molecule has 6 N–H and O–H groups in total. The number of nitrogens with one attached hydrogen (secondary N) is 2. The predicted molar refractivity (Wildman–Crippen MR) is 239 cm³/mol. The highest BCUT2D eigenvalue weighted by Crippen LogP contribution is 2.40. The fourth-order valence-electron chi connectivity index (χ4n) is 5.89. The van der Waals surface area contributed by atoms with Gasteiger partial charge < -0.3 is 35.5 Å². The first kappa shape index (κ1) is 47.8. The molecule has 0 unspecified atom stereocenters. The SMILES string of the molecule is CCN(CC)c1ccc(N=Nc2sc(S(=O)(=O)O)cc2C#N)c(Nc2nc(Nc3cc(N(CC)CC)ccc3N=Nc3sc(S(=O)(=O)O)cc3C#N)nc(N(CCO)CCO)n2)c1. The zero-order valence-electron chi connectivity index (χ0n) is 34.2. The Bertz CT molecular complexity index is 2610. The Morgan fingerprint density at radius 2 is 1.02 bits per heavy atom. The molecule has 0 saturated heterocycles. The maximum atomic E-state index is 11.8. The molecule has 0 fully saturated rings. The van der Waals surface area contributed by atoms with E-state index < -0.39 is 28.7 Å². The number of benzene rings is 2. The number of aliphatic hydroxyl groups excluding tert-OH is 2. The van der Waals surface area contributed by atoms with E-state index in [1.165, 1.54) is 4.90 Å². The quantitative estimate of drug-likeness (QED) is 0.0317. The van der Waals surface area contributed by atoms with Crippen molar-refractivity contribution in [1.29, 1.82) is 10.5 Å². The molecule has 3 aromatic heterocycles. The number of rotatable bonds is 21. The lowest BCUT2D eigenvalue weighted by Crippen LogP contribution is -2.31. The smallest absolute Gasteiger partial charge is 0.304 e. The zero-order valence-corrected chi connectivity index (χ0v) is 37.5. The molecule has 0 amide bonds. The molecule has 0 aliphatic rings. The van der Waals surface area contributed by atoms with Gasteiger partial charge in [0.05, 0.1) is 35.7 Å². The van der Waals surface area contributed by atoms with Gasteiger partial charge in [-0.25, -0.2) is 0 Å². The van der Waals surface area contributed by atoms with Crippen LogP contribution in [0, 0.1) is 22.7 Å². The first-order chi connectivity index (χ1) is 30.1. The van der Waals surface area contributed by atoms with Crippen LogP contribution in [-0.2, 0) is 20.2 Å². The molecule has 26 heteroatoms. The van der Waals surface area contributed by atoms with Crippen LogP contribution in [-0.4, -0.2) is 104 Å². The molecule has 0 aliphatic heterocycles. The standard InChI is InChI=1S/C37H42N14O8S4/c1-5-49(6-2)25-9-11-27(45-47-33-23(21-38)17-31(60-33)62(54,55)56)29(19-25)40-35-42-36(44-37(43-35)51(13-15-52)14-16-53)41-30-20-26(50(7-3)8-4)10-12-28(30)46-48-34-24(22-39)18-32(61-34)63(57,58)59/h9-12,17-20,52-53H,5-8,13-16H2,1-4H3,(H,54,55,56)(H,57,58,59)(H2,40,41,42,43,44). The number of aliphatic hydroxyl groups is 2. The van der Waals surface area contributed by atoms with Gasteiger partial charge in [-0.15, -0.1) is 20.5 Å². The summed E-state index contributed by atoms with van der Waals surface area (Å²) in [5.41, 5.74) is 2.37. The monoisotopic (exact) mass is 938 g/mol. The fourth-order valence-corrected chi connectivity index (χ4v) is 9.06. The van der Waals surface area contributed by atoms with Gasteiger partial charge in [0.15, 0.2) is 10.0 Å². The van der Waals surface area contributed by atoms with Crippen LogP contribution in [0.15, 0.2) is 77.4 Å². The molecule has 0 atom stereocenters. The minimum atomic E-state index is -4.62. The summed E-state index contributed by atoms with van der Waals surface area (Å²) in [6.07, 6.45) is 0. The molecular formula is C37H42N14O8S4. The lowest BCUT2D eigenvalue weighted by molar-refractivity contribution is 0.280. The van der Waals surface area contributed by atoms with Crippen molar-refractivity contribution in [3.8, 4) is 12.1 Å². The van der Waals surface area contributed by atoms with Gasteiger partial charge in [-0.3, -0.25) is 9.11 Å². The first-order valence-corrected chi connectivity index (χ1v) is 23.5. The normalized spacial score (nSPS) is 11.8. The van der Waals surface area contributed by atoms with E-state index in [-0.39, 0.29) is 76.7 Å². The number of azo groups is 2. The topological polar surface area (TPSA) is 319 Å². The van der Waals surface area contributed by atoms with Gasteiger partial charge in [-0.05, 0) is 76.2 Å². The van der Waals surface area contributed by atoms with Crippen molar-refractivity contribution in [3.05, 3.63) is 59.7 Å². The maximum Gasteiger partial charge on any atom is 0.304 e. The third-order valence-corrected chi connectivity index (χ3v) is 13.6. The van der Waals surface area contributed by atoms with Crippen LogP contribution < -0.4 is 25.3 Å². The van der Waals surface area contributed by atoms with Gasteiger partial charge in [0.2, 0.25) is 17.8 Å². The molecule has 22 nitrogen and oxygen atoms in total. The van der Waals surface area contributed by atoms with Crippen molar-refractivity contribution < 1.29 is 36.2 Å². The molecular weight excluding hydrogens is 897 g/mol. The summed E-state index contributed by atoms with van der Waals surface area (Å²) >= 11 is 1.13. The van der Waals surface area contributed by atoms with Crippen molar-refractivity contribution >= 4 is 105 Å². The van der Waals surface area contributed by atoms with Crippen LogP contribution in [0.25, 0.3) is 0 Å². The minimum Gasteiger partial charge on any atom is -0.395 e. The molecule has 332 valence electrons. The molecule has 0 spiro atoms. The molecule has 2 aromatic carbocycles. The van der Waals surface area contributed by atoms with Crippen molar-refractivity contribution in [2.45, 2.75) is 36.1 Å². The highest BCUT2D eigenvalue weighted by Gasteiger charge is 2.21. The number of aromatic nitrogens is 3. The van der Waals surface area contributed by atoms with E-state index in [4.69, 9.17) is 0 Å². The number of hydrogen-bond acceptors (Lipinski definition) is 22. The highest BCUT2D eigenvalue weighted by molar-refractivity contribution is 7.88. The Hall–Kier alpha value is -6.23. The summed E-state index contributed by atoms with van der Waals surface area (Å²) in [5.74, 6) is -0.0524. The summed E-state index contributed by atoms with van der Waals surface area (Å²) in [4.78, 5) is 19.5. The van der Waals surface area contributed by atoms with Crippen molar-refractivity contribution in [2.24, 2.45) is 20.5 Å². The summed E-state index contributed by atoms with van der Waals surface area (Å²) in [6, 6.07) is 16.1. The summed E-state index contributed by atoms with van der Waals surface area (Å²) in [7, 11) is -9.24. The predicted octanol–water partition coefficient (Wildman–Crippen LogP) is 7.03. The van der Waals surface area contributed by atoms with Crippen LogP contribution in [0.1, 0.15) is 38.8 Å². The molecule has 0 bridgehead atoms. The second kappa shape index (κ2) is 21.2. The molecule has 3 heterocycles. The van der Waals surface area contributed by atoms with Gasteiger partial charge in [-0.1, -0.05) is 22.7 Å². The zero-order chi connectivity index (χ0) is 45.9. The van der Waals surface area contributed by atoms with Crippen LogP contribution in [0.3, 0.4) is 0 Å². The van der Waals surface area contributed by atoms with Gasteiger partial charge in [-0.2, -0.15) is 42.3 Å². The number of anilines is 7. The van der Waals surface area contributed by atoms with E-state index in [2.05, 4.69) is 55.8 Å². The summed E-state index contributed by atoms with van der Waals surface area (Å²) in [6.45, 7) is 9.93. The second-order valence-corrected chi connectivity index (χ2v) is 18.2. The molecule has 63 heavy (non-hydrogen) atoms. The largest absolute Gasteiger partial charge is 0.395 e. The fraction of sp³-hybridized carbons (Fsp3) is 0.324. The maximum absolute atomic E-state index is 11.8. The highest BCUT2D eigenvalue weighted by atomic mass is 32.3. The molecule has 0 saturated carbocycles. The average molecular weight is 939 g/mol. The van der Waals surface area contributed by atoms with Crippen molar-refractivity contribution in [3.63, 3.8) is 0 Å². The summed E-state index contributed by atoms with van der Waals surface area (Å²) in [5, 5.41) is 62.3. The van der Waals surface area contributed by atoms with E-state index in [0.717, 1.165) is 23.5 Å². The Morgan fingerprint density at radius 3 is 1.35 bits per heavy atom. The first-order valence-electron chi connectivity index (χ1n) is 19.0. The number of nitriles is 2. The number of hydrogen-bond donors (Lipinski definition) is 6. The second-order valence-electron chi connectivity index (χ2n) is 12.9. The molecule has 0 aliphatic carbocycles. The third kappa shape index (κ3) is 12.0. The third-order valence-electron chi connectivity index (χ3n) is 8.98. The van der Waals surface area contributed by atoms with E-state index in [1.54, 1.807) is 36.4 Å². The van der Waals surface area contributed by atoms with Gasteiger partial charge in [0, 0.05) is 50.6 Å². The van der Waals surface area contributed by atoms with E-state index in [1.807, 2.05) is 39.8 Å². The van der Waals surface area contributed by atoms with E-state index in [9.17, 15) is 46.7 Å². The Kier molecular flexibility index (Phi) is 16.1. The van der Waals surface area contributed by atoms with Gasteiger partial charge in [0.25, 0.3) is 0 Å². The van der Waals surface area contributed by atoms with E-state index >= 15 is 0 Å². The van der Waals surface area contributed by atoms with Crippen LogP contribution >= 0.6 is 22.7 Å². The van der Waals surface area contributed by atoms with Crippen molar-refractivity contribution in [2.75, 3.05) is 77.8 Å². The number of thiophene rings is 2. The van der Waals surface area contributed by atoms with E-state index in [0.29, 0.717) is 60.2 Å². The lowest BCUT2D eigenvalue weighted by Gasteiger charge is -2.24. The average Bonchev–Trinajstić information content (AvgIpc) is 3.89. The van der Waals surface area contributed by atoms with Crippen LogP contribution in [0.4, 0.5) is 62.0 Å². The van der Waals surface area contributed by atoms with Gasteiger partial charge in [0.1, 0.15) is 31.9 Å². The lowest BCUT2D eigenvalue weighted by atomic mass is 10.2. The Balaban J connectivity index is 1.66. The van der Waals surface area contributed by atoms with Gasteiger partial charge >= 0.3 is 20.2 Å². The van der Waals surface area contributed by atoms with Crippen LogP contribution in [0.5, 0.6) is 0 Å². The summed E-state index contributed by atoms with van der Waals surface area (Å²) < 4.78 is 65.4. The molecule has 5 rings (SSSR count). The Morgan fingerprint density at radius 1 is 0.619 bits per heavy atom. The number of nitrogens with zero attached hydrogens (tertiary/aromatic N) is 12. The molecule has 5 aromatic rings. The van der Waals surface area contributed by atoms with Crippen molar-refractivity contribution in [1.82, 2.24) is 15.0 Å². The van der Waals surface area contributed by atoms with Crippen LogP contribution in [0.2, 0.25) is 0 Å². The molecule has 0 radical (unpaired) electrons. The minimum absolute atomic E-state index is 0.0262. The Labute approximate surface area is 371 Å².